The zero-order chi connectivity index (χ0) is 34.1. The van der Waals surface area contributed by atoms with E-state index in [-0.39, 0.29) is 85.4 Å². The number of hydrogen-bond donors (Lipinski definition) is 4. The minimum Gasteiger partial charge on any atom is -0.443 e. The Kier molecular flexibility index (Phi) is 12.2. The molecule has 1 aliphatic heterocycles. The van der Waals surface area contributed by atoms with Gasteiger partial charge in [0.2, 0.25) is 27.7 Å². The SMILES string of the molecule is Cc1oc2nc1C(=O)N[C@@H](C(C)C)c1nc(cs1)C(=O)NCCN(C(=O)CCCS(N)(=O)=O)CCCC(=O)N[C@H]2Cc1ccccc1. The van der Waals surface area contributed by atoms with Crippen molar-refractivity contribution < 1.29 is 32.0 Å². The average Bonchev–Trinajstić information content (AvgIpc) is 3.65. The Hall–Kier alpha value is -4.15. The standard InChI is InChI=1S/C31H41N7O7S2/c1-19(2)26-31-35-23(18-46-31)28(41)33-13-15-38(25(40)12-8-16-47(32,43)44)14-7-11-24(39)34-22(17-21-9-5-4-6-10-21)30-37-27(20(3)45-30)29(42)36-26/h4-6,9-10,18-19,22,26H,7-8,11-17H2,1-3H3,(H,33,41)(H,34,39)(H,36,42)(H2,32,43,44)/t22-,26-/m0/s1. The second-order valence-electron chi connectivity index (χ2n) is 11.7. The fourth-order valence-corrected chi connectivity index (χ4v) is 6.69. The lowest BCUT2D eigenvalue weighted by atomic mass is 10.0. The van der Waals surface area contributed by atoms with Gasteiger partial charge in [0.25, 0.3) is 11.8 Å². The van der Waals surface area contributed by atoms with Crippen LogP contribution >= 0.6 is 11.3 Å². The fraction of sp³-hybridized carbons (Fsp3) is 0.484. The molecule has 5 N–H and O–H groups in total. The van der Waals surface area contributed by atoms with Gasteiger partial charge in [-0.05, 0) is 31.2 Å². The number of nitrogens with one attached hydrogen (secondary N) is 3. The molecule has 1 aliphatic rings. The van der Waals surface area contributed by atoms with E-state index in [1.165, 1.54) is 16.2 Å². The molecule has 3 aromatic rings. The highest BCUT2D eigenvalue weighted by atomic mass is 32.2. The second kappa shape index (κ2) is 16.1. The molecule has 4 rings (SSSR count). The Bertz CT molecular complexity index is 1670. The molecule has 2 aromatic heterocycles. The van der Waals surface area contributed by atoms with Gasteiger partial charge in [-0.15, -0.1) is 11.3 Å². The van der Waals surface area contributed by atoms with Crippen molar-refractivity contribution in [2.75, 3.05) is 25.4 Å². The van der Waals surface area contributed by atoms with E-state index in [1.54, 1.807) is 12.3 Å². The molecule has 1 aromatic carbocycles. The summed E-state index contributed by atoms with van der Waals surface area (Å²) in [6.45, 7) is 5.91. The third-order valence-corrected chi connectivity index (χ3v) is 9.37. The van der Waals surface area contributed by atoms with Gasteiger partial charge in [-0.1, -0.05) is 44.2 Å². The number of fused-ring (bicyclic) bond motifs is 4. The summed E-state index contributed by atoms with van der Waals surface area (Å²) < 4.78 is 28.7. The van der Waals surface area contributed by atoms with Gasteiger partial charge in [-0.3, -0.25) is 19.2 Å². The number of benzene rings is 1. The number of aryl methyl sites for hydroxylation is 1. The number of aromatic nitrogens is 2. The van der Waals surface area contributed by atoms with Crippen LogP contribution in [0.4, 0.5) is 0 Å². The smallest absolute Gasteiger partial charge is 0.274 e. The summed E-state index contributed by atoms with van der Waals surface area (Å²) in [5.41, 5.74) is 1.18. The Morgan fingerprint density at radius 1 is 1.11 bits per heavy atom. The molecule has 254 valence electrons. The lowest BCUT2D eigenvalue weighted by molar-refractivity contribution is -0.131. The van der Waals surface area contributed by atoms with Crippen molar-refractivity contribution in [3.05, 3.63) is 69.3 Å². The molecule has 16 heteroatoms. The molecule has 3 heterocycles. The first-order valence-electron chi connectivity index (χ1n) is 15.4. The van der Waals surface area contributed by atoms with Crippen LogP contribution in [0, 0.1) is 12.8 Å². The number of sulfonamides is 1. The third-order valence-electron chi connectivity index (χ3n) is 7.59. The van der Waals surface area contributed by atoms with Gasteiger partial charge in [0.05, 0.1) is 11.8 Å². The molecule has 0 saturated heterocycles. The van der Waals surface area contributed by atoms with Crippen LogP contribution in [0.2, 0.25) is 0 Å². The molecule has 2 atom stereocenters. The molecule has 0 unspecified atom stereocenters. The molecule has 0 radical (unpaired) electrons. The number of carbonyl (C=O) groups excluding carboxylic acids is 4. The van der Waals surface area contributed by atoms with Crippen LogP contribution in [0.1, 0.15) is 94.8 Å². The van der Waals surface area contributed by atoms with E-state index >= 15 is 0 Å². The number of rotatable bonds is 7. The Balaban J connectivity index is 1.62. The number of amides is 4. The maximum Gasteiger partial charge on any atom is 0.274 e. The summed E-state index contributed by atoms with van der Waals surface area (Å²) >= 11 is 1.24. The van der Waals surface area contributed by atoms with Crippen molar-refractivity contribution in [2.24, 2.45) is 11.1 Å². The fourth-order valence-electron chi connectivity index (χ4n) is 5.12. The number of primary sulfonamides is 1. The zero-order valence-electron chi connectivity index (χ0n) is 26.7. The van der Waals surface area contributed by atoms with Gasteiger partial charge in [0.15, 0.2) is 5.69 Å². The second-order valence-corrected chi connectivity index (χ2v) is 14.4. The molecule has 14 nitrogen and oxygen atoms in total. The molecular formula is C31H41N7O7S2. The van der Waals surface area contributed by atoms with Crippen LogP contribution in [0.25, 0.3) is 0 Å². The minimum atomic E-state index is -3.72. The van der Waals surface area contributed by atoms with Crippen LogP contribution in [0.3, 0.4) is 0 Å². The van der Waals surface area contributed by atoms with Crippen molar-refractivity contribution in [3.63, 3.8) is 0 Å². The summed E-state index contributed by atoms with van der Waals surface area (Å²) in [5, 5.41) is 16.0. The number of nitrogens with zero attached hydrogens (tertiary/aromatic N) is 3. The first-order valence-corrected chi connectivity index (χ1v) is 18.0. The van der Waals surface area contributed by atoms with Crippen LogP contribution < -0.4 is 21.1 Å². The third kappa shape index (κ3) is 10.4. The van der Waals surface area contributed by atoms with Crippen molar-refractivity contribution in [2.45, 2.75) is 65.0 Å². The van der Waals surface area contributed by atoms with E-state index in [0.29, 0.717) is 17.8 Å². The van der Waals surface area contributed by atoms with Gasteiger partial charge in [0, 0.05) is 44.3 Å². The predicted octanol–water partition coefficient (Wildman–Crippen LogP) is 2.39. The maximum atomic E-state index is 13.5. The quantitative estimate of drug-likeness (QED) is 0.287. The Labute approximate surface area is 278 Å². The Morgan fingerprint density at radius 3 is 2.55 bits per heavy atom. The highest BCUT2D eigenvalue weighted by molar-refractivity contribution is 7.89. The summed E-state index contributed by atoms with van der Waals surface area (Å²) in [4.78, 5) is 63.2. The first kappa shape index (κ1) is 35.7. The summed E-state index contributed by atoms with van der Waals surface area (Å²) in [5.74, 6) is -1.49. The summed E-state index contributed by atoms with van der Waals surface area (Å²) in [6, 6.07) is 8.29. The molecule has 0 aliphatic carbocycles. The van der Waals surface area contributed by atoms with E-state index in [4.69, 9.17) is 9.56 Å². The Morgan fingerprint density at radius 2 is 1.85 bits per heavy atom. The number of carbonyl (C=O) groups is 4. The lowest BCUT2D eigenvalue weighted by Crippen LogP contribution is -2.40. The van der Waals surface area contributed by atoms with E-state index in [1.807, 2.05) is 44.2 Å². The number of thiazole rings is 1. The molecule has 4 bridgehead atoms. The van der Waals surface area contributed by atoms with Gasteiger partial charge in [-0.25, -0.2) is 23.5 Å². The lowest BCUT2D eigenvalue weighted by Gasteiger charge is -2.23. The van der Waals surface area contributed by atoms with Crippen LogP contribution in [-0.4, -0.2) is 72.3 Å². The van der Waals surface area contributed by atoms with Gasteiger partial charge in [-0.2, -0.15) is 0 Å². The number of oxazole rings is 1. The van der Waals surface area contributed by atoms with Gasteiger partial charge >= 0.3 is 0 Å². The van der Waals surface area contributed by atoms with Gasteiger partial charge < -0.3 is 25.3 Å². The maximum absolute atomic E-state index is 13.5. The van der Waals surface area contributed by atoms with Crippen molar-refractivity contribution in [1.82, 2.24) is 30.8 Å². The molecular weight excluding hydrogens is 647 g/mol. The molecule has 0 spiro atoms. The molecule has 0 fully saturated rings. The molecule has 4 amide bonds. The predicted molar refractivity (Wildman–Crippen MR) is 175 cm³/mol. The van der Waals surface area contributed by atoms with Crippen molar-refractivity contribution >= 4 is 45.0 Å². The highest BCUT2D eigenvalue weighted by Gasteiger charge is 2.29. The van der Waals surface area contributed by atoms with Crippen LogP contribution in [0.15, 0.2) is 40.1 Å². The largest absolute Gasteiger partial charge is 0.443 e. The van der Waals surface area contributed by atoms with Crippen LogP contribution in [-0.2, 0) is 26.0 Å². The van der Waals surface area contributed by atoms with E-state index in [0.717, 1.165) is 5.56 Å². The monoisotopic (exact) mass is 687 g/mol. The van der Waals surface area contributed by atoms with E-state index in [9.17, 15) is 27.6 Å². The van der Waals surface area contributed by atoms with Crippen molar-refractivity contribution in [3.8, 4) is 0 Å². The molecule has 0 saturated carbocycles. The average molecular weight is 688 g/mol. The summed E-state index contributed by atoms with van der Waals surface area (Å²) in [6.07, 6.45) is 0.707. The normalized spacial score (nSPS) is 18.7. The number of nitrogens with two attached hydrogens (primary N) is 1. The molecule has 47 heavy (non-hydrogen) atoms. The van der Waals surface area contributed by atoms with Crippen molar-refractivity contribution in [1.29, 1.82) is 0 Å². The van der Waals surface area contributed by atoms with Gasteiger partial charge in [0.1, 0.15) is 22.5 Å². The van der Waals surface area contributed by atoms with Crippen LogP contribution in [0.5, 0.6) is 0 Å². The topological polar surface area (TPSA) is 207 Å². The first-order chi connectivity index (χ1) is 22.3. The summed E-state index contributed by atoms with van der Waals surface area (Å²) in [7, 11) is -3.72. The number of hydrogen-bond acceptors (Lipinski definition) is 10. The van der Waals surface area contributed by atoms with E-state index in [2.05, 4.69) is 25.9 Å². The van der Waals surface area contributed by atoms with E-state index < -0.39 is 33.9 Å². The highest BCUT2D eigenvalue weighted by Crippen LogP contribution is 2.27. The zero-order valence-corrected chi connectivity index (χ0v) is 28.3. The minimum absolute atomic E-state index is 0.0505.